The second-order valence-electron chi connectivity index (χ2n) is 5.66. The molecule has 1 atom stereocenters. The van der Waals surface area contributed by atoms with Crippen LogP contribution in [0.4, 0.5) is 5.69 Å². The molecule has 1 aliphatic rings. The van der Waals surface area contributed by atoms with Gasteiger partial charge >= 0.3 is 0 Å². The Morgan fingerprint density at radius 1 is 1.50 bits per heavy atom. The third-order valence-corrected chi connectivity index (χ3v) is 3.65. The van der Waals surface area contributed by atoms with Crippen LogP contribution in [0.5, 0.6) is 0 Å². The minimum atomic E-state index is 0.0557. The first kappa shape index (κ1) is 14.9. The molecule has 0 aromatic carbocycles. The Bertz CT molecular complexity index is 425. The smallest absolute Gasteiger partial charge is 0.241 e. The number of aromatic nitrogens is 2. The van der Waals surface area contributed by atoms with Crippen molar-refractivity contribution in [3.8, 4) is 0 Å². The van der Waals surface area contributed by atoms with Crippen LogP contribution in [0.2, 0.25) is 0 Å². The number of nitrogens with one attached hydrogen (secondary N) is 2. The molecule has 5 heteroatoms. The van der Waals surface area contributed by atoms with Gasteiger partial charge in [-0.1, -0.05) is 26.7 Å². The highest BCUT2D eigenvalue weighted by Gasteiger charge is 2.23. The Labute approximate surface area is 121 Å². The van der Waals surface area contributed by atoms with E-state index in [4.69, 9.17) is 0 Å². The Kier molecular flexibility index (Phi) is 5.44. The summed E-state index contributed by atoms with van der Waals surface area (Å²) in [7, 11) is 0. The van der Waals surface area contributed by atoms with E-state index in [1.165, 1.54) is 19.3 Å². The van der Waals surface area contributed by atoms with Crippen molar-refractivity contribution in [1.29, 1.82) is 0 Å². The lowest BCUT2D eigenvalue weighted by Gasteiger charge is -2.16. The monoisotopic (exact) mass is 278 g/mol. The minimum absolute atomic E-state index is 0.0557. The van der Waals surface area contributed by atoms with Crippen molar-refractivity contribution in [2.75, 3.05) is 5.32 Å². The molecule has 1 aromatic rings. The fraction of sp³-hybridized carbons (Fsp3) is 0.733. The Hall–Kier alpha value is -1.52. The second-order valence-corrected chi connectivity index (χ2v) is 5.66. The van der Waals surface area contributed by atoms with Crippen LogP contribution < -0.4 is 10.6 Å². The van der Waals surface area contributed by atoms with Gasteiger partial charge in [-0.3, -0.25) is 9.48 Å². The van der Waals surface area contributed by atoms with Crippen molar-refractivity contribution in [2.24, 2.45) is 0 Å². The molecule has 1 unspecified atom stereocenters. The maximum absolute atomic E-state index is 11.7. The van der Waals surface area contributed by atoms with E-state index in [9.17, 15) is 4.79 Å². The van der Waals surface area contributed by atoms with Crippen molar-refractivity contribution < 1.29 is 4.79 Å². The van der Waals surface area contributed by atoms with Gasteiger partial charge in [0, 0.05) is 18.3 Å². The number of rotatable bonds is 9. The quantitative estimate of drug-likeness (QED) is 0.730. The molecule has 0 bridgehead atoms. The second kappa shape index (κ2) is 7.31. The first-order valence-electron chi connectivity index (χ1n) is 7.79. The largest absolute Gasteiger partial charge is 0.380 e. The lowest BCUT2D eigenvalue weighted by molar-refractivity contribution is -0.122. The maximum Gasteiger partial charge on any atom is 0.241 e. The zero-order valence-electron chi connectivity index (χ0n) is 12.6. The number of unbranched alkanes of at least 4 members (excludes halogenated alkanes) is 1. The highest BCUT2D eigenvalue weighted by atomic mass is 16.2. The van der Waals surface area contributed by atoms with Crippen LogP contribution in [0.15, 0.2) is 12.4 Å². The van der Waals surface area contributed by atoms with E-state index in [-0.39, 0.29) is 5.91 Å². The highest BCUT2D eigenvalue weighted by molar-refractivity contribution is 5.76. The molecule has 2 N–H and O–H groups in total. The first-order chi connectivity index (χ1) is 9.71. The molecule has 0 saturated heterocycles. The van der Waals surface area contributed by atoms with E-state index < -0.39 is 0 Å². The number of hydrogen-bond acceptors (Lipinski definition) is 3. The summed E-state index contributed by atoms with van der Waals surface area (Å²) in [4.78, 5) is 11.7. The lowest BCUT2D eigenvalue weighted by atomic mass is 10.1. The molecule has 112 valence electrons. The Balaban J connectivity index is 1.79. The van der Waals surface area contributed by atoms with Crippen LogP contribution in [-0.2, 0) is 11.3 Å². The third-order valence-electron chi connectivity index (χ3n) is 3.65. The molecular formula is C15H26N4O. The van der Waals surface area contributed by atoms with Gasteiger partial charge in [-0.15, -0.1) is 0 Å². The van der Waals surface area contributed by atoms with E-state index in [2.05, 4.69) is 29.6 Å². The van der Waals surface area contributed by atoms with Gasteiger partial charge in [0.1, 0.15) is 6.54 Å². The van der Waals surface area contributed by atoms with Crippen LogP contribution in [0, 0.1) is 0 Å². The van der Waals surface area contributed by atoms with Crippen LogP contribution in [0.25, 0.3) is 0 Å². The molecule has 1 heterocycles. The molecule has 1 amide bonds. The number of hydrogen-bond donors (Lipinski definition) is 2. The molecule has 0 radical (unpaired) electrons. The first-order valence-corrected chi connectivity index (χ1v) is 7.79. The van der Waals surface area contributed by atoms with Crippen LogP contribution in [-0.4, -0.2) is 27.8 Å². The highest BCUT2D eigenvalue weighted by Crippen LogP contribution is 2.18. The van der Waals surface area contributed by atoms with Gasteiger partial charge in [0.05, 0.1) is 11.9 Å². The summed E-state index contributed by atoms with van der Waals surface area (Å²) in [6.07, 6.45) is 10.7. The van der Waals surface area contributed by atoms with Gasteiger partial charge in [-0.05, 0) is 25.7 Å². The van der Waals surface area contributed by atoms with Crippen molar-refractivity contribution in [3.63, 3.8) is 0 Å². The molecule has 2 rings (SSSR count). The summed E-state index contributed by atoms with van der Waals surface area (Å²) >= 11 is 0. The summed E-state index contributed by atoms with van der Waals surface area (Å²) in [6.45, 7) is 4.72. The van der Waals surface area contributed by atoms with Crippen molar-refractivity contribution in [2.45, 2.75) is 71.0 Å². The normalized spacial score (nSPS) is 15.9. The van der Waals surface area contributed by atoms with Gasteiger partial charge in [-0.25, -0.2) is 0 Å². The van der Waals surface area contributed by atoms with E-state index in [0.717, 1.165) is 24.9 Å². The maximum atomic E-state index is 11.7. The predicted molar refractivity (Wildman–Crippen MR) is 80.6 cm³/mol. The summed E-state index contributed by atoms with van der Waals surface area (Å²) < 4.78 is 1.70. The van der Waals surface area contributed by atoms with E-state index >= 15 is 0 Å². The number of carbonyl (C=O) groups excluding carboxylic acids is 1. The SMILES string of the molecule is CCCCC(CC)Nc1cnn(CC(=O)NC2CC2)c1. The topological polar surface area (TPSA) is 59.0 Å². The molecule has 1 aromatic heterocycles. The van der Waals surface area contributed by atoms with Gasteiger partial charge in [0.15, 0.2) is 0 Å². The van der Waals surface area contributed by atoms with Gasteiger partial charge < -0.3 is 10.6 Å². The zero-order valence-corrected chi connectivity index (χ0v) is 12.6. The predicted octanol–water partition coefficient (Wildman–Crippen LogP) is 2.54. The fourth-order valence-corrected chi connectivity index (χ4v) is 2.24. The number of carbonyl (C=O) groups is 1. The van der Waals surface area contributed by atoms with Crippen molar-refractivity contribution >= 4 is 11.6 Å². The molecule has 0 aliphatic heterocycles. The molecule has 0 spiro atoms. The molecule has 1 saturated carbocycles. The lowest BCUT2D eigenvalue weighted by Crippen LogP contribution is -2.29. The fourth-order valence-electron chi connectivity index (χ4n) is 2.24. The zero-order chi connectivity index (χ0) is 14.4. The van der Waals surface area contributed by atoms with Gasteiger partial charge in [-0.2, -0.15) is 5.10 Å². The van der Waals surface area contributed by atoms with Crippen LogP contribution >= 0.6 is 0 Å². The summed E-state index contributed by atoms with van der Waals surface area (Å²) in [6, 6.07) is 0.905. The summed E-state index contributed by atoms with van der Waals surface area (Å²) in [5, 5.41) is 10.7. The van der Waals surface area contributed by atoms with E-state index in [1.807, 2.05) is 6.20 Å². The van der Waals surface area contributed by atoms with Crippen LogP contribution in [0.1, 0.15) is 52.4 Å². The summed E-state index contributed by atoms with van der Waals surface area (Å²) in [5.41, 5.74) is 1.01. The Morgan fingerprint density at radius 2 is 2.30 bits per heavy atom. The minimum Gasteiger partial charge on any atom is -0.380 e. The molecule has 1 fully saturated rings. The summed E-state index contributed by atoms with van der Waals surface area (Å²) in [5.74, 6) is 0.0557. The number of anilines is 1. The van der Waals surface area contributed by atoms with Gasteiger partial charge in [0.2, 0.25) is 5.91 Å². The number of nitrogens with zero attached hydrogens (tertiary/aromatic N) is 2. The standard InChI is InChI=1S/C15H26N4O/c1-3-5-6-12(4-2)17-14-9-16-19(10-14)11-15(20)18-13-7-8-13/h9-10,12-13,17H,3-8,11H2,1-2H3,(H,18,20). The van der Waals surface area contributed by atoms with Crippen molar-refractivity contribution in [1.82, 2.24) is 15.1 Å². The molecule has 20 heavy (non-hydrogen) atoms. The average molecular weight is 278 g/mol. The molecular weight excluding hydrogens is 252 g/mol. The van der Waals surface area contributed by atoms with E-state index in [1.54, 1.807) is 10.9 Å². The van der Waals surface area contributed by atoms with E-state index in [0.29, 0.717) is 18.6 Å². The third kappa shape index (κ3) is 4.87. The average Bonchev–Trinajstić information content (AvgIpc) is 3.13. The Morgan fingerprint density at radius 3 is 2.95 bits per heavy atom. The van der Waals surface area contributed by atoms with Crippen LogP contribution in [0.3, 0.4) is 0 Å². The van der Waals surface area contributed by atoms with Gasteiger partial charge in [0.25, 0.3) is 0 Å². The number of amides is 1. The van der Waals surface area contributed by atoms with Crippen molar-refractivity contribution in [3.05, 3.63) is 12.4 Å². The molecule has 1 aliphatic carbocycles. The molecule has 5 nitrogen and oxygen atoms in total.